The number of fused-ring (bicyclic) bond motifs is 4. The fraction of sp³-hybridized carbons (Fsp3) is 0.263. The van der Waals surface area contributed by atoms with Crippen molar-refractivity contribution in [3.05, 3.63) is 33.9 Å². The highest BCUT2D eigenvalue weighted by Crippen LogP contribution is 2.55. The van der Waals surface area contributed by atoms with Crippen molar-refractivity contribution in [2.24, 2.45) is 0 Å². The maximum Gasteiger partial charge on any atom is 0.347 e. The van der Waals surface area contributed by atoms with Crippen LogP contribution in [0.1, 0.15) is 43.7 Å². The molecule has 2 aliphatic rings. The molecule has 0 spiro atoms. The molecule has 0 saturated carbocycles. The quantitative estimate of drug-likeness (QED) is 0.591. The van der Waals surface area contributed by atoms with Crippen LogP contribution in [-0.4, -0.2) is 36.4 Å². The van der Waals surface area contributed by atoms with Gasteiger partial charge in [-0.2, -0.15) is 0 Å². The molecule has 2 aromatic carbocycles. The smallest absolute Gasteiger partial charge is 0.347 e. The topological polar surface area (TPSA) is 121 Å². The number of methoxy groups -OCH3 is 2. The number of benzene rings is 2. The van der Waals surface area contributed by atoms with E-state index >= 15 is 0 Å². The molecule has 0 saturated heterocycles. The van der Waals surface area contributed by atoms with Gasteiger partial charge in [-0.1, -0.05) is 0 Å². The van der Waals surface area contributed by atoms with E-state index in [0.717, 1.165) is 0 Å². The Balaban J connectivity index is 2.07. The van der Waals surface area contributed by atoms with Gasteiger partial charge >= 0.3 is 11.9 Å². The summed E-state index contributed by atoms with van der Waals surface area (Å²) in [4.78, 5) is 25.0. The summed E-state index contributed by atoms with van der Waals surface area (Å²) in [6, 6.07) is 1.47. The maximum atomic E-state index is 12.8. The van der Waals surface area contributed by atoms with Gasteiger partial charge in [-0.3, -0.25) is 0 Å². The van der Waals surface area contributed by atoms with Crippen LogP contribution in [0.3, 0.4) is 0 Å². The fourth-order valence-electron chi connectivity index (χ4n) is 3.37. The molecule has 2 heterocycles. The lowest BCUT2D eigenvalue weighted by Gasteiger charge is -2.17. The van der Waals surface area contributed by atoms with E-state index in [1.165, 1.54) is 27.2 Å². The summed E-state index contributed by atoms with van der Waals surface area (Å²) in [7, 11) is 2.66. The molecule has 0 amide bonds. The molecule has 0 aliphatic carbocycles. The molecule has 9 nitrogen and oxygen atoms in total. The minimum atomic E-state index is -1.18. The van der Waals surface area contributed by atoms with Crippen molar-refractivity contribution in [3.63, 3.8) is 0 Å². The molecule has 1 atom stereocenters. The summed E-state index contributed by atoms with van der Waals surface area (Å²) in [5.74, 6) is -2.70. The number of hydrogen-bond acceptors (Lipinski definition) is 9. The summed E-state index contributed by atoms with van der Waals surface area (Å²) in [6.45, 7) is 3.09. The van der Waals surface area contributed by atoms with E-state index in [-0.39, 0.29) is 45.3 Å². The van der Waals surface area contributed by atoms with Crippen LogP contribution in [0.25, 0.3) is 0 Å². The number of carbonyl (C=O) groups excluding carboxylic acids is 2. The second-order valence-corrected chi connectivity index (χ2v) is 6.33. The first kappa shape index (κ1) is 17.9. The number of cyclic esters (lactones) is 1. The molecular weight excluding hydrogens is 372 g/mol. The summed E-state index contributed by atoms with van der Waals surface area (Å²) in [6.07, 6.45) is -1.18. The Labute approximate surface area is 159 Å². The second-order valence-electron chi connectivity index (χ2n) is 6.33. The predicted molar refractivity (Wildman–Crippen MR) is 92.4 cm³/mol. The lowest BCUT2D eigenvalue weighted by Crippen LogP contribution is -2.10. The standard InChI is InChI=1S/C19H16O9/c1-6-5-8(24-3)13(21)15-9(6)17(22)27-14-7(2)12(20)10-11(16(14)26-15)19(25-4)28-18(10)23/h5,19-21H,1-4H3/t19-/m0/s1. The first-order valence-corrected chi connectivity index (χ1v) is 8.23. The monoisotopic (exact) mass is 388 g/mol. The molecule has 0 fully saturated rings. The number of aromatic hydroxyl groups is 2. The van der Waals surface area contributed by atoms with Gasteiger partial charge in [-0.25, -0.2) is 9.59 Å². The van der Waals surface area contributed by atoms with Crippen LogP contribution in [0.5, 0.6) is 34.5 Å². The van der Waals surface area contributed by atoms with Crippen molar-refractivity contribution < 1.29 is 43.5 Å². The highest BCUT2D eigenvalue weighted by molar-refractivity contribution is 6.02. The van der Waals surface area contributed by atoms with E-state index in [1.54, 1.807) is 6.92 Å². The van der Waals surface area contributed by atoms with Gasteiger partial charge in [0.2, 0.25) is 12.0 Å². The zero-order valence-corrected chi connectivity index (χ0v) is 15.4. The number of esters is 2. The third-order valence-corrected chi connectivity index (χ3v) is 4.76. The Morgan fingerprint density at radius 2 is 1.64 bits per heavy atom. The Hall–Kier alpha value is -3.46. The van der Waals surface area contributed by atoms with Gasteiger partial charge in [-0.15, -0.1) is 0 Å². The zero-order chi connectivity index (χ0) is 20.3. The first-order valence-electron chi connectivity index (χ1n) is 8.23. The third-order valence-electron chi connectivity index (χ3n) is 4.76. The SMILES string of the molecule is COc1cc(C)c2c(c1O)Oc1c(c(C)c(O)c3c1[C@@H](OC)OC3=O)OC2=O. The van der Waals surface area contributed by atoms with Gasteiger partial charge in [0.15, 0.2) is 23.0 Å². The van der Waals surface area contributed by atoms with E-state index in [9.17, 15) is 19.8 Å². The van der Waals surface area contributed by atoms with Crippen LogP contribution in [0.15, 0.2) is 6.07 Å². The average Bonchev–Trinajstić information content (AvgIpc) is 2.91. The van der Waals surface area contributed by atoms with Crippen LogP contribution in [-0.2, 0) is 9.47 Å². The number of rotatable bonds is 2. The van der Waals surface area contributed by atoms with Crippen molar-refractivity contribution in [1.82, 2.24) is 0 Å². The van der Waals surface area contributed by atoms with Gasteiger partial charge in [0, 0.05) is 12.7 Å². The molecule has 2 aliphatic heterocycles. The summed E-state index contributed by atoms with van der Waals surface area (Å²) >= 11 is 0. The van der Waals surface area contributed by atoms with Gasteiger partial charge in [0.25, 0.3) is 0 Å². The predicted octanol–water partition coefficient (Wildman–Crippen LogP) is 2.86. The van der Waals surface area contributed by atoms with Crippen LogP contribution in [0, 0.1) is 13.8 Å². The molecular formula is C19H16O9. The molecule has 28 heavy (non-hydrogen) atoms. The molecule has 146 valence electrons. The van der Waals surface area contributed by atoms with Crippen molar-refractivity contribution in [2.45, 2.75) is 20.1 Å². The highest BCUT2D eigenvalue weighted by Gasteiger charge is 2.43. The lowest BCUT2D eigenvalue weighted by molar-refractivity contribution is -0.0823. The molecule has 2 aromatic rings. The molecule has 9 heteroatoms. The summed E-state index contributed by atoms with van der Waals surface area (Å²) in [5.41, 5.74) is 0.443. The van der Waals surface area contributed by atoms with Crippen LogP contribution in [0.4, 0.5) is 0 Å². The highest BCUT2D eigenvalue weighted by atomic mass is 16.7. The van der Waals surface area contributed by atoms with Crippen molar-refractivity contribution in [3.8, 4) is 34.5 Å². The number of hydrogen-bond donors (Lipinski definition) is 2. The lowest BCUT2D eigenvalue weighted by atomic mass is 10.0. The van der Waals surface area contributed by atoms with E-state index in [1.807, 2.05) is 0 Å². The Morgan fingerprint density at radius 1 is 0.929 bits per heavy atom. The largest absolute Gasteiger partial charge is 0.507 e. The Bertz CT molecular complexity index is 1050. The Kier molecular flexibility index (Phi) is 3.86. The molecule has 0 unspecified atom stereocenters. The Morgan fingerprint density at radius 3 is 2.29 bits per heavy atom. The number of phenols is 2. The molecule has 0 bridgehead atoms. The van der Waals surface area contributed by atoms with Gasteiger partial charge in [0.05, 0.1) is 12.7 Å². The maximum absolute atomic E-state index is 12.8. The van der Waals surface area contributed by atoms with Crippen LogP contribution >= 0.6 is 0 Å². The second kappa shape index (κ2) is 6.03. The van der Waals surface area contributed by atoms with Gasteiger partial charge in [0.1, 0.15) is 16.9 Å². The summed E-state index contributed by atoms with van der Waals surface area (Å²) < 4.78 is 26.7. The zero-order valence-electron chi connectivity index (χ0n) is 15.4. The molecule has 2 N–H and O–H groups in total. The minimum Gasteiger partial charge on any atom is -0.507 e. The number of carbonyl (C=O) groups is 2. The minimum absolute atomic E-state index is 0.0126. The van der Waals surface area contributed by atoms with Crippen LogP contribution in [0.2, 0.25) is 0 Å². The van der Waals surface area contributed by atoms with E-state index < -0.39 is 29.7 Å². The van der Waals surface area contributed by atoms with Gasteiger partial charge in [-0.05, 0) is 25.5 Å². The molecule has 0 aromatic heterocycles. The molecule has 0 radical (unpaired) electrons. The fourth-order valence-corrected chi connectivity index (χ4v) is 3.37. The third kappa shape index (κ3) is 2.23. The average molecular weight is 388 g/mol. The normalized spacial score (nSPS) is 16.9. The van der Waals surface area contributed by atoms with Gasteiger partial charge < -0.3 is 33.9 Å². The van der Waals surface area contributed by atoms with E-state index in [2.05, 4.69) is 0 Å². The first-order chi connectivity index (χ1) is 13.3. The summed E-state index contributed by atoms with van der Waals surface area (Å²) in [5, 5.41) is 21.0. The van der Waals surface area contributed by atoms with Crippen molar-refractivity contribution in [1.29, 1.82) is 0 Å². The number of phenolic OH excluding ortho intramolecular Hbond substituents is 2. The molecule has 4 rings (SSSR count). The van der Waals surface area contributed by atoms with Crippen molar-refractivity contribution in [2.75, 3.05) is 14.2 Å². The van der Waals surface area contributed by atoms with Crippen LogP contribution < -0.4 is 14.2 Å². The number of ether oxygens (including phenoxy) is 5. The number of aryl methyl sites for hydroxylation is 1. The van der Waals surface area contributed by atoms with E-state index in [0.29, 0.717) is 5.56 Å². The van der Waals surface area contributed by atoms with E-state index in [4.69, 9.17) is 23.7 Å². The van der Waals surface area contributed by atoms with Crippen molar-refractivity contribution >= 4 is 11.9 Å².